The van der Waals surface area contributed by atoms with Gasteiger partial charge in [-0.2, -0.15) is 0 Å². The second-order valence-electron chi connectivity index (χ2n) is 5.44. The number of nitrogens with one attached hydrogen (secondary N) is 1. The second kappa shape index (κ2) is 7.46. The van der Waals surface area contributed by atoms with Crippen molar-refractivity contribution in [2.24, 2.45) is 11.8 Å². The molecule has 0 aromatic rings. The molecule has 1 rings (SSSR count). The van der Waals surface area contributed by atoms with E-state index in [9.17, 15) is 8.42 Å². The molecule has 1 fully saturated rings. The molecular formula is C13H28N2O2S. The molecule has 1 N–H and O–H groups in total. The van der Waals surface area contributed by atoms with Crippen LogP contribution in [0.5, 0.6) is 0 Å². The smallest absolute Gasteiger partial charge is 0.214 e. The lowest BCUT2D eigenvalue weighted by Crippen LogP contribution is -2.40. The molecule has 1 saturated heterocycles. The lowest BCUT2D eigenvalue weighted by atomic mass is 10.0. The van der Waals surface area contributed by atoms with Crippen LogP contribution in [0.3, 0.4) is 0 Å². The van der Waals surface area contributed by atoms with Gasteiger partial charge in [0, 0.05) is 13.1 Å². The molecule has 1 aliphatic heterocycles. The van der Waals surface area contributed by atoms with Gasteiger partial charge in [0.25, 0.3) is 0 Å². The molecular weight excluding hydrogens is 248 g/mol. The molecule has 0 aliphatic carbocycles. The standard InChI is InChI=1S/C13H28N2O2S/c1-4-12(3)10-15(5-2)18(16,17)11-13-6-8-14-9-7-13/h12-14H,4-11H2,1-3H3. The van der Waals surface area contributed by atoms with Crippen molar-refractivity contribution < 1.29 is 8.42 Å². The summed E-state index contributed by atoms with van der Waals surface area (Å²) < 4.78 is 26.4. The van der Waals surface area contributed by atoms with Crippen LogP contribution in [0.2, 0.25) is 0 Å². The third-order valence-electron chi connectivity index (χ3n) is 3.86. The maximum absolute atomic E-state index is 12.4. The minimum atomic E-state index is -3.07. The van der Waals surface area contributed by atoms with E-state index in [0.29, 0.717) is 30.7 Å². The van der Waals surface area contributed by atoms with Gasteiger partial charge in [-0.05, 0) is 37.8 Å². The van der Waals surface area contributed by atoms with Crippen molar-refractivity contribution in [2.45, 2.75) is 40.0 Å². The largest absolute Gasteiger partial charge is 0.317 e. The van der Waals surface area contributed by atoms with Crippen LogP contribution >= 0.6 is 0 Å². The highest BCUT2D eigenvalue weighted by atomic mass is 32.2. The highest BCUT2D eigenvalue weighted by Crippen LogP contribution is 2.18. The van der Waals surface area contributed by atoms with Gasteiger partial charge in [0.15, 0.2) is 0 Å². The van der Waals surface area contributed by atoms with Crippen LogP contribution in [0.25, 0.3) is 0 Å². The van der Waals surface area contributed by atoms with Crippen LogP contribution in [0.1, 0.15) is 40.0 Å². The maximum Gasteiger partial charge on any atom is 0.214 e. The number of sulfonamides is 1. The number of hydrogen-bond acceptors (Lipinski definition) is 3. The van der Waals surface area contributed by atoms with Gasteiger partial charge in [0.05, 0.1) is 5.75 Å². The molecule has 1 heterocycles. The molecule has 108 valence electrons. The Bertz CT molecular complexity index is 324. The summed E-state index contributed by atoms with van der Waals surface area (Å²) in [5, 5.41) is 3.28. The molecule has 0 radical (unpaired) electrons. The molecule has 4 nitrogen and oxygen atoms in total. The summed E-state index contributed by atoms with van der Waals surface area (Å²) in [6.07, 6.45) is 3.00. The third kappa shape index (κ3) is 4.86. The number of nitrogens with zero attached hydrogens (tertiary/aromatic N) is 1. The van der Waals surface area contributed by atoms with Gasteiger partial charge in [0.2, 0.25) is 10.0 Å². The molecule has 0 amide bonds. The Hall–Kier alpha value is -0.130. The minimum absolute atomic E-state index is 0.332. The zero-order valence-corrected chi connectivity index (χ0v) is 12.8. The summed E-state index contributed by atoms with van der Waals surface area (Å²) in [6.45, 7) is 9.33. The Balaban J connectivity index is 2.58. The van der Waals surface area contributed by atoms with Crippen molar-refractivity contribution in [1.82, 2.24) is 9.62 Å². The first kappa shape index (κ1) is 15.9. The van der Waals surface area contributed by atoms with Crippen LogP contribution in [0.15, 0.2) is 0 Å². The molecule has 18 heavy (non-hydrogen) atoms. The molecule has 1 unspecified atom stereocenters. The van der Waals surface area contributed by atoms with E-state index in [0.717, 1.165) is 32.4 Å². The van der Waals surface area contributed by atoms with Gasteiger partial charge in [-0.25, -0.2) is 12.7 Å². The van der Waals surface area contributed by atoms with Crippen molar-refractivity contribution in [2.75, 3.05) is 31.9 Å². The summed E-state index contributed by atoms with van der Waals surface area (Å²) >= 11 is 0. The number of hydrogen-bond donors (Lipinski definition) is 1. The summed E-state index contributed by atoms with van der Waals surface area (Å²) in [7, 11) is -3.07. The molecule has 0 spiro atoms. The second-order valence-corrected chi connectivity index (χ2v) is 7.45. The third-order valence-corrected chi connectivity index (χ3v) is 5.95. The molecule has 1 atom stereocenters. The van der Waals surface area contributed by atoms with E-state index in [1.54, 1.807) is 4.31 Å². The predicted octanol–water partition coefficient (Wildman–Crippen LogP) is 1.68. The van der Waals surface area contributed by atoms with E-state index in [2.05, 4.69) is 19.2 Å². The summed E-state index contributed by atoms with van der Waals surface area (Å²) in [5.74, 6) is 1.11. The molecule has 5 heteroatoms. The Morgan fingerprint density at radius 3 is 2.39 bits per heavy atom. The zero-order valence-electron chi connectivity index (χ0n) is 12.0. The van der Waals surface area contributed by atoms with E-state index in [-0.39, 0.29) is 0 Å². The fourth-order valence-electron chi connectivity index (χ4n) is 2.37. The Morgan fingerprint density at radius 1 is 1.28 bits per heavy atom. The quantitative estimate of drug-likeness (QED) is 0.770. The van der Waals surface area contributed by atoms with Crippen LogP contribution < -0.4 is 5.32 Å². The predicted molar refractivity (Wildman–Crippen MR) is 76.1 cm³/mol. The lowest BCUT2D eigenvalue weighted by Gasteiger charge is -2.28. The first-order valence-corrected chi connectivity index (χ1v) is 8.79. The van der Waals surface area contributed by atoms with Crippen molar-refractivity contribution >= 4 is 10.0 Å². The van der Waals surface area contributed by atoms with Crippen LogP contribution in [-0.4, -0.2) is 44.7 Å². The normalized spacial score (nSPS) is 20.2. The Labute approximate surface area is 112 Å². The first-order valence-electron chi connectivity index (χ1n) is 7.18. The molecule has 0 saturated carbocycles. The first-order chi connectivity index (χ1) is 8.49. The summed E-state index contributed by atoms with van der Waals surface area (Å²) in [4.78, 5) is 0. The number of rotatable bonds is 7. The zero-order chi connectivity index (χ0) is 13.6. The molecule has 0 bridgehead atoms. The van der Waals surface area contributed by atoms with Crippen molar-refractivity contribution in [3.63, 3.8) is 0 Å². The van der Waals surface area contributed by atoms with Crippen LogP contribution in [0, 0.1) is 11.8 Å². The summed E-state index contributed by atoms with van der Waals surface area (Å²) in [5.41, 5.74) is 0. The van der Waals surface area contributed by atoms with Gasteiger partial charge >= 0.3 is 0 Å². The van der Waals surface area contributed by atoms with E-state index < -0.39 is 10.0 Å². The Kier molecular flexibility index (Phi) is 6.60. The van der Waals surface area contributed by atoms with Crippen molar-refractivity contribution in [3.8, 4) is 0 Å². The fraction of sp³-hybridized carbons (Fsp3) is 1.00. The van der Waals surface area contributed by atoms with Crippen LogP contribution in [-0.2, 0) is 10.0 Å². The van der Waals surface area contributed by atoms with E-state index in [1.807, 2.05) is 6.92 Å². The minimum Gasteiger partial charge on any atom is -0.317 e. The Morgan fingerprint density at radius 2 is 1.89 bits per heavy atom. The van der Waals surface area contributed by atoms with E-state index >= 15 is 0 Å². The van der Waals surface area contributed by atoms with Gasteiger partial charge in [0.1, 0.15) is 0 Å². The molecule has 0 aromatic carbocycles. The topological polar surface area (TPSA) is 49.4 Å². The maximum atomic E-state index is 12.4. The average Bonchev–Trinajstić information content (AvgIpc) is 2.36. The molecule has 0 aromatic heterocycles. The highest BCUT2D eigenvalue weighted by Gasteiger charge is 2.26. The average molecular weight is 276 g/mol. The van der Waals surface area contributed by atoms with E-state index in [1.165, 1.54) is 0 Å². The number of piperidine rings is 1. The van der Waals surface area contributed by atoms with Gasteiger partial charge in [-0.15, -0.1) is 0 Å². The summed E-state index contributed by atoms with van der Waals surface area (Å²) in [6, 6.07) is 0. The SMILES string of the molecule is CCC(C)CN(CC)S(=O)(=O)CC1CCNCC1. The fourth-order valence-corrected chi connectivity index (χ4v) is 4.38. The molecule has 1 aliphatic rings. The van der Waals surface area contributed by atoms with Crippen molar-refractivity contribution in [1.29, 1.82) is 0 Å². The van der Waals surface area contributed by atoms with Gasteiger partial charge in [-0.1, -0.05) is 27.2 Å². The lowest BCUT2D eigenvalue weighted by molar-refractivity contribution is 0.348. The monoisotopic (exact) mass is 276 g/mol. The van der Waals surface area contributed by atoms with Gasteiger partial charge in [-0.3, -0.25) is 0 Å². The highest BCUT2D eigenvalue weighted by molar-refractivity contribution is 7.89. The van der Waals surface area contributed by atoms with Crippen molar-refractivity contribution in [3.05, 3.63) is 0 Å². The van der Waals surface area contributed by atoms with E-state index in [4.69, 9.17) is 0 Å². The van der Waals surface area contributed by atoms with Crippen LogP contribution in [0.4, 0.5) is 0 Å². The van der Waals surface area contributed by atoms with Gasteiger partial charge < -0.3 is 5.32 Å².